The van der Waals surface area contributed by atoms with Gasteiger partial charge in [-0.1, -0.05) is 0 Å². The van der Waals surface area contributed by atoms with Crippen molar-refractivity contribution in [2.24, 2.45) is 7.05 Å². The van der Waals surface area contributed by atoms with Gasteiger partial charge in [-0.05, 0) is 42.5 Å². The topological polar surface area (TPSA) is 88.4 Å². The first-order valence-electron chi connectivity index (χ1n) is 10.8. The third-order valence-electron chi connectivity index (χ3n) is 6.01. The van der Waals surface area contributed by atoms with E-state index in [1.54, 1.807) is 37.4 Å². The van der Waals surface area contributed by atoms with E-state index in [9.17, 15) is 9.90 Å². The number of hydrogen-bond acceptors (Lipinski definition) is 7. The highest BCUT2D eigenvalue weighted by Gasteiger charge is 2.26. The molecule has 0 atom stereocenters. The maximum absolute atomic E-state index is 14.1. The molecule has 0 aliphatic rings. The summed E-state index contributed by atoms with van der Waals surface area (Å²) in [5.74, 6) is 1.88. The summed E-state index contributed by atoms with van der Waals surface area (Å²) in [5, 5.41) is 11.2. The Morgan fingerprint density at radius 1 is 0.771 bits per heavy atom. The van der Waals surface area contributed by atoms with Gasteiger partial charge in [0.05, 0.1) is 52.3 Å². The Morgan fingerprint density at radius 2 is 1.43 bits per heavy atom. The van der Waals surface area contributed by atoms with E-state index in [2.05, 4.69) is 0 Å². The monoisotopic (exact) mass is 477 g/mol. The maximum atomic E-state index is 14.1. The Morgan fingerprint density at radius 3 is 1.97 bits per heavy atom. The molecule has 0 radical (unpaired) electrons. The van der Waals surface area contributed by atoms with Gasteiger partial charge >= 0.3 is 0 Å². The van der Waals surface area contributed by atoms with Gasteiger partial charge in [-0.2, -0.15) is 0 Å². The molecule has 0 saturated heterocycles. The quantitative estimate of drug-likeness (QED) is 0.364. The van der Waals surface area contributed by atoms with Crippen molar-refractivity contribution in [2.75, 3.05) is 35.5 Å². The first kappa shape index (κ1) is 23.8. The largest absolute Gasteiger partial charge is 0.504 e. The Hall–Kier alpha value is -4.33. The van der Waals surface area contributed by atoms with E-state index < -0.39 is 0 Å². The van der Waals surface area contributed by atoms with E-state index in [1.807, 2.05) is 29.8 Å². The van der Waals surface area contributed by atoms with Gasteiger partial charge in [0.25, 0.3) is 0 Å². The van der Waals surface area contributed by atoms with Gasteiger partial charge in [0.2, 0.25) is 5.75 Å². The molecule has 8 heteroatoms. The smallest absolute Gasteiger partial charge is 0.203 e. The number of ether oxygens (including phenoxy) is 5. The number of phenolic OH excluding ortho intramolecular Hbond substituents is 1. The molecule has 8 nitrogen and oxygen atoms in total. The fourth-order valence-corrected chi connectivity index (χ4v) is 4.30. The molecule has 0 aliphatic carbocycles. The highest BCUT2D eigenvalue weighted by atomic mass is 16.5. The van der Waals surface area contributed by atoms with Crippen LogP contribution in [-0.4, -0.2) is 51.0 Å². The van der Waals surface area contributed by atoms with Crippen LogP contribution in [0.25, 0.3) is 22.2 Å². The number of aryl methyl sites for hydroxylation is 1. The summed E-state index contributed by atoms with van der Waals surface area (Å²) >= 11 is 0. The molecule has 0 spiro atoms. The number of fused-ring (bicyclic) bond motifs is 1. The first-order chi connectivity index (χ1) is 16.9. The standard InChI is InChI=1S/C27H27NO7/c1-28-19-14-17(31-2)8-9-18(19)24(25(28)15-7-10-21(32-3)20(29)11-15)26(30)16-12-22(33-4)27(35-6)23(13-16)34-5/h7-14,29H,1-6H3. The van der Waals surface area contributed by atoms with E-state index in [4.69, 9.17) is 23.7 Å². The SMILES string of the molecule is COc1ccc2c(C(=O)c3cc(OC)c(OC)c(OC)c3)c(-c3ccc(OC)c(O)c3)n(C)c2c1. The Kier molecular flexibility index (Phi) is 6.46. The summed E-state index contributed by atoms with van der Waals surface area (Å²) in [7, 11) is 9.45. The molecular weight excluding hydrogens is 450 g/mol. The van der Waals surface area contributed by atoms with Crippen LogP contribution in [0, 0.1) is 0 Å². The number of ketones is 1. The van der Waals surface area contributed by atoms with Crippen molar-refractivity contribution in [1.82, 2.24) is 4.57 Å². The van der Waals surface area contributed by atoms with E-state index in [-0.39, 0.29) is 11.5 Å². The molecule has 4 aromatic rings. The average Bonchev–Trinajstić information content (AvgIpc) is 3.18. The van der Waals surface area contributed by atoms with Crippen molar-refractivity contribution >= 4 is 16.7 Å². The fourth-order valence-electron chi connectivity index (χ4n) is 4.30. The average molecular weight is 478 g/mol. The van der Waals surface area contributed by atoms with Crippen LogP contribution >= 0.6 is 0 Å². The minimum atomic E-state index is -0.245. The van der Waals surface area contributed by atoms with Crippen LogP contribution in [0.3, 0.4) is 0 Å². The third kappa shape index (κ3) is 3.97. The lowest BCUT2D eigenvalue weighted by molar-refractivity contribution is 0.104. The van der Waals surface area contributed by atoms with E-state index in [0.29, 0.717) is 51.1 Å². The van der Waals surface area contributed by atoms with Crippen LogP contribution in [0.5, 0.6) is 34.5 Å². The Balaban J connectivity index is 2.02. The lowest BCUT2D eigenvalue weighted by atomic mass is 9.96. The molecule has 35 heavy (non-hydrogen) atoms. The van der Waals surface area contributed by atoms with Crippen LogP contribution in [-0.2, 0) is 7.05 Å². The van der Waals surface area contributed by atoms with Gasteiger partial charge in [0.1, 0.15) is 5.75 Å². The second-order valence-corrected chi connectivity index (χ2v) is 7.80. The second-order valence-electron chi connectivity index (χ2n) is 7.80. The summed E-state index contributed by atoms with van der Waals surface area (Å²) in [4.78, 5) is 14.1. The summed E-state index contributed by atoms with van der Waals surface area (Å²) < 4.78 is 28.8. The van der Waals surface area contributed by atoms with Crippen molar-refractivity contribution < 1.29 is 33.6 Å². The number of carbonyl (C=O) groups excluding carboxylic acids is 1. The molecule has 0 unspecified atom stereocenters. The molecule has 4 rings (SSSR count). The number of phenols is 1. The molecule has 0 bridgehead atoms. The van der Waals surface area contributed by atoms with Gasteiger partial charge in [-0.3, -0.25) is 4.79 Å². The second kappa shape index (κ2) is 9.50. The predicted molar refractivity (Wildman–Crippen MR) is 133 cm³/mol. The van der Waals surface area contributed by atoms with Gasteiger partial charge < -0.3 is 33.4 Å². The van der Waals surface area contributed by atoms with Crippen LogP contribution in [0.15, 0.2) is 48.5 Å². The van der Waals surface area contributed by atoms with Crippen molar-refractivity contribution in [3.63, 3.8) is 0 Å². The van der Waals surface area contributed by atoms with Crippen LogP contribution < -0.4 is 23.7 Å². The number of benzene rings is 3. The minimum Gasteiger partial charge on any atom is -0.504 e. The van der Waals surface area contributed by atoms with Gasteiger partial charge in [0.15, 0.2) is 28.8 Å². The lowest BCUT2D eigenvalue weighted by Crippen LogP contribution is -2.06. The maximum Gasteiger partial charge on any atom is 0.203 e. The predicted octanol–water partition coefficient (Wildman–Crippen LogP) is 4.82. The van der Waals surface area contributed by atoms with Crippen molar-refractivity contribution in [1.29, 1.82) is 0 Å². The Bertz CT molecular complexity index is 1400. The number of methoxy groups -OCH3 is 5. The molecule has 0 fully saturated rings. The summed E-state index contributed by atoms with van der Waals surface area (Å²) in [6.45, 7) is 0. The van der Waals surface area contributed by atoms with Crippen LogP contribution in [0.4, 0.5) is 0 Å². The molecule has 1 N–H and O–H groups in total. The minimum absolute atomic E-state index is 0.0287. The van der Waals surface area contributed by atoms with Crippen molar-refractivity contribution in [2.45, 2.75) is 0 Å². The van der Waals surface area contributed by atoms with Gasteiger partial charge in [-0.15, -0.1) is 0 Å². The zero-order valence-electron chi connectivity index (χ0n) is 20.5. The van der Waals surface area contributed by atoms with Crippen molar-refractivity contribution in [3.05, 3.63) is 59.7 Å². The fraction of sp³-hybridized carbons (Fsp3) is 0.222. The normalized spacial score (nSPS) is 10.8. The Labute approximate surface area is 203 Å². The van der Waals surface area contributed by atoms with E-state index in [0.717, 1.165) is 10.9 Å². The number of aromatic nitrogens is 1. The lowest BCUT2D eigenvalue weighted by Gasteiger charge is -2.14. The number of hydrogen-bond donors (Lipinski definition) is 1. The van der Waals surface area contributed by atoms with Crippen LogP contribution in [0.2, 0.25) is 0 Å². The number of carbonyl (C=O) groups is 1. The highest BCUT2D eigenvalue weighted by Crippen LogP contribution is 2.42. The zero-order valence-corrected chi connectivity index (χ0v) is 20.5. The summed E-state index contributed by atoms with van der Waals surface area (Å²) in [5.41, 5.74) is 2.90. The summed E-state index contributed by atoms with van der Waals surface area (Å²) in [6, 6.07) is 13.8. The molecule has 0 aliphatic heterocycles. The molecule has 1 aromatic heterocycles. The molecule has 3 aromatic carbocycles. The number of aromatic hydroxyl groups is 1. The molecule has 0 amide bonds. The van der Waals surface area contributed by atoms with Crippen molar-refractivity contribution in [3.8, 4) is 45.8 Å². The molecule has 0 saturated carbocycles. The zero-order chi connectivity index (χ0) is 25.3. The number of rotatable bonds is 8. The molecular formula is C27H27NO7. The third-order valence-corrected chi connectivity index (χ3v) is 6.01. The van der Waals surface area contributed by atoms with Crippen LogP contribution in [0.1, 0.15) is 15.9 Å². The van der Waals surface area contributed by atoms with E-state index >= 15 is 0 Å². The van der Waals surface area contributed by atoms with Gasteiger partial charge in [0, 0.05) is 29.6 Å². The molecule has 182 valence electrons. The first-order valence-corrected chi connectivity index (χ1v) is 10.8. The van der Waals surface area contributed by atoms with Gasteiger partial charge in [-0.25, -0.2) is 0 Å². The van der Waals surface area contributed by atoms with E-state index in [1.165, 1.54) is 28.4 Å². The number of nitrogens with zero attached hydrogens (tertiary/aromatic N) is 1. The highest BCUT2D eigenvalue weighted by molar-refractivity contribution is 6.21. The molecule has 1 heterocycles. The summed E-state index contributed by atoms with van der Waals surface area (Å²) in [6.07, 6.45) is 0.